The lowest BCUT2D eigenvalue weighted by Gasteiger charge is -2.29. The van der Waals surface area contributed by atoms with Crippen LogP contribution in [0.3, 0.4) is 0 Å². The lowest BCUT2D eigenvalue weighted by Crippen LogP contribution is -2.14. The van der Waals surface area contributed by atoms with Crippen LogP contribution in [0.25, 0.3) is 0 Å². The van der Waals surface area contributed by atoms with E-state index in [1.54, 1.807) is 12.1 Å². The maximum atomic E-state index is 12.5. The van der Waals surface area contributed by atoms with Crippen LogP contribution in [0.4, 0.5) is 0 Å². The molecule has 0 unspecified atom stereocenters. The third-order valence-electron chi connectivity index (χ3n) is 6.48. The molecule has 31 heavy (non-hydrogen) atoms. The fraction of sp³-hybridized carbons (Fsp3) is 0.519. The minimum Gasteiger partial charge on any atom is -0.494 e. The second-order valence-electron chi connectivity index (χ2n) is 8.90. The Kier molecular flexibility index (Phi) is 9.66. The van der Waals surface area contributed by atoms with Crippen LogP contribution in [0.1, 0.15) is 80.1 Å². The van der Waals surface area contributed by atoms with Gasteiger partial charge >= 0.3 is 5.97 Å². The maximum absolute atomic E-state index is 12.5. The number of hydrogen-bond donors (Lipinski definition) is 0. The predicted octanol–water partition coefficient (Wildman–Crippen LogP) is 6.77. The van der Waals surface area contributed by atoms with Gasteiger partial charge in [0, 0.05) is 9.52 Å². The molecule has 0 bridgehead atoms. The van der Waals surface area contributed by atoms with E-state index in [-0.39, 0.29) is 15.5 Å². The van der Waals surface area contributed by atoms with Crippen molar-refractivity contribution >= 4 is 15.5 Å². The average molecular weight is 439 g/mol. The van der Waals surface area contributed by atoms with Crippen molar-refractivity contribution in [3.05, 3.63) is 59.7 Å². The third-order valence-corrected chi connectivity index (χ3v) is 7.48. The topological polar surface area (TPSA) is 35.5 Å². The summed E-state index contributed by atoms with van der Waals surface area (Å²) in [4.78, 5) is 12.5. The van der Waals surface area contributed by atoms with Gasteiger partial charge in [-0.1, -0.05) is 51.3 Å². The first-order valence-electron chi connectivity index (χ1n) is 12.2. The summed E-state index contributed by atoms with van der Waals surface area (Å²) in [5.74, 6) is 2.62. The van der Waals surface area contributed by atoms with Gasteiger partial charge in [-0.05, 0) is 85.5 Å². The van der Waals surface area contributed by atoms with Crippen LogP contribution >= 0.6 is 0 Å². The molecule has 2 aromatic carbocycles. The van der Waals surface area contributed by atoms with Crippen molar-refractivity contribution in [1.82, 2.24) is 0 Å². The summed E-state index contributed by atoms with van der Waals surface area (Å²) < 4.78 is 11.2. The Morgan fingerprint density at radius 3 is 2.26 bits per heavy atom. The van der Waals surface area contributed by atoms with E-state index in [0.29, 0.717) is 17.2 Å². The summed E-state index contributed by atoms with van der Waals surface area (Å²) >= 11 is 0. The second kappa shape index (κ2) is 12.7. The van der Waals surface area contributed by atoms with Crippen LogP contribution < -0.4 is 9.47 Å². The van der Waals surface area contributed by atoms with Gasteiger partial charge in [0.15, 0.2) is 0 Å². The molecule has 168 valence electrons. The molecular formula is C27H38O3Si. The summed E-state index contributed by atoms with van der Waals surface area (Å²) in [6, 6.07) is 16.6. The van der Waals surface area contributed by atoms with E-state index in [1.165, 1.54) is 63.0 Å². The molecule has 0 N–H and O–H groups in total. The van der Waals surface area contributed by atoms with E-state index in [4.69, 9.17) is 9.47 Å². The molecule has 0 radical (unpaired) electrons. The summed E-state index contributed by atoms with van der Waals surface area (Å²) in [5, 5.41) is 0. The van der Waals surface area contributed by atoms with E-state index in [0.717, 1.165) is 18.3 Å². The standard InChI is InChI=1S/C27H38O3Si/c1-3-4-5-6-21-7-9-22(10-8-21)23-11-13-24(14-12-23)27(28)30-26-17-15-25(16-18-26)29-19-20-31-2/h11-18,21-22H,3-10,19-20,31H2,1-2H3/t21-,22-. The summed E-state index contributed by atoms with van der Waals surface area (Å²) in [6.45, 7) is 5.32. The highest BCUT2D eigenvalue weighted by molar-refractivity contribution is 6.33. The zero-order valence-electron chi connectivity index (χ0n) is 19.3. The van der Waals surface area contributed by atoms with Gasteiger partial charge in [0.25, 0.3) is 0 Å². The molecule has 0 aromatic heterocycles. The molecule has 0 spiro atoms. The molecule has 3 rings (SSSR count). The molecule has 1 aliphatic rings. The van der Waals surface area contributed by atoms with Crippen molar-refractivity contribution in [1.29, 1.82) is 0 Å². The van der Waals surface area contributed by atoms with Crippen LogP contribution in [-0.4, -0.2) is 22.1 Å². The average Bonchev–Trinajstić information content (AvgIpc) is 2.81. The Bertz CT molecular complexity index is 777. The third kappa shape index (κ3) is 7.53. The van der Waals surface area contributed by atoms with E-state index in [1.807, 2.05) is 24.3 Å². The molecule has 1 saturated carbocycles. The Morgan fingerprint density at radius 1 is 0.935 bits per heavy atom. The first-order valence-corrected chi connectivity index (χ1v) is 14.7. The lowest BCUT2D eigenvalue weighted by atomic mass is 9.77. The Balaban J connectivity index is 1.47. The number of esters is 1. The maximum Gasteiger partial charge on any atom is 0.343 e. The fourth-order valence-electron chi connectivity index (χ4n) is 4.46. The van der Waals surface area contributed by atoms with E-state index >= 15 is 0 Å². The van der Waals surface area contributed by atoms with Crippen molar-refractivity contribution in [2.45, 2.75) is 76.8 Å². The Labute approximate surface area is 190 Å². The van der Waals surface area contributed by atoms with Crippen molar-refractivity contribution < 1.29 is 14.3 Å². The minimum atomic E-state index is -0.308. The van der Waals surface area contributed by atoms with Gasteiger partial charge < -0.3 is 9.47 Å². The van der Waals surface area contributed by atoms with Gasteiger partial charge in [-0.25, -0.2) is 4.79 Å². The molecule has 0 heterocycles. The summed E-state index contributed by atoms with van der Waals surface area (Å²) in [6.07, 6.45) is 10.7. The molecule has 0 aliphatic heterocycles. The molecule has 3 nitrogen and oxygen atoms in total. The molecule has 2 aromatic rings. The highest BCUT2D eigenvalue weighted by atomic mass is 28.2. The van der Waals surface area contributed by atoms with Gasteiger partial charge in [-0.15, -0.1) is 0 Å². The monoisotopic (exact) mass is 438 g/mol. The molecule has 4 heteroatoms. The fourth-order valence-corrected chi connectivity index (χ4v) is 4.90. The van der Waals surface area contributed by atoms with Crippen molar-refractivity contribution in [3.63, 3.8) is 0 Å². The number of rotatable bonds is 11. The van der Waals surface area contributed by atoms with Crippen molar-refractivity contribution in [3.8, 4) is 11.5 Å². The zero-order chi connectivity index (χ0) is 21.9. The molecule has 0 amide bonds. The Hall–Kier alpha value is -2.07. The Morgan fingerprint density at radius 2 is 1.61 bits per heavy atom. The quantitative estimate of drug-likeness (QED) is 0.168. The molecule has 0 saturated heterocycles. The minimum absolute atomic E-state index is 0.0342. The molecule has 1 fully saturated rings. The smallest absolute Gasteiger partial charge is 0.343 e. The van der Waals surface area contributed by atoms with Gasteiger partial charge in [0.1, 0.15) is 11.5 Å². The van der Waals surface area contributed by atoms with Crippen LogP contribution in [-0.2, 0) is 0 Å². The van der Waals surface area contributed by atoms with Crippen LogP contribution in [0.2, 0.25) is 12.6 Å². The van der Waals surface area contributed by atoms with Crippen molar-refractivity contribution in [2.24, 2.45) is 5.92 Å². The first-order chi connectivity index (χ1) is 15.2. The highest BCUT2D eigenvalue weighted by Crippen LogP contribution is 2.37. The molecule has 1 aliphatic carbocycles. The highest BCUT2D eigenvalue weighted by Gasteiger charge is 2.22. The second-order valence-corrected chi connectivity index (χ2v) is 10.6. The number of carbonyl (C=O) groups is 1. The van der Waals surface area contributed by atoms with Gasteiger partial charge in [0.2, 0.25) is 0 Å². The van der Waals surface area contributed by atoms with Crippen molar-refractivity contribution in [2.75, 3.05) is 6.61 Å². The van der Waals surface area contributed by atoms with Crippen LogP contribution in [0, 0.1) is 5.92 Å². The zero-order valence-corrected chi connectivity index (χ0v) is 20.7. The van der Waals surface area contributed by atoms with E-state index < -0.39 is 0 Å². The SMILES string of the molecule is CCCCC[C@H]1CC[C@H](c2ccc(C(=O)Oc3ccc(OCC[SiH2]C)cc3)cc2)CC1. The number of carbonyl (C=O) groups excluding carboxylic acids is 1. The number of hydrogen-bond acceptors (Lipinski definition) is 3. The predicted molar refractivity (Wildman–Crippen MR) is 131 cm³/mol. The van der Waals surface area contributed by atoms with E-state index in [2.05, 4.69) is 25.6 Å². The van der Waals surface area contributed by atoms with Gasteiger partial charge in [-0.3, -0.25) is 0 Å². The number of unbranched alkanes of at least 4 members (excludes halogenated alkanes) is 2. The van der Waals surface area contributed by atoms with Crippen LogP contribution in [0.5, 0.6) is 11.5 Å². The summed E-state index contributed by atoms with van der Waals surface area (Å²) in [7, 11) is 0.0342. The van der Waals surface area contributed by atoms with Gasteiger partial charge in [0.05, 0.1) is 12.2 Å². The van der Waals surface area contributed by atoms with E-state index in [9.17, 15) is 4.79 Å². The lowest BCUT2D eigenvalue weighted by molar-refractivity contribution is 0.0734. The molecular weight excluding hydrogens is 400 g/mol. The van der Waals surface area contributed by atoms with Gasteiger partial charge in [-0.2, -0.15) is 0 Å². The van der Waals surface area contributed by atoms with Crippen LogP contribution in [0.15, 0.2) is 48.5 Å². The number of ether oxygens (including phenoxy) is 2. The number of benzene rings is 2. The molecule has 0 atom stereocenters. The normalized spacial score (nSPS) is 18.9. The largest absolute Gasteiger partial charge is 0.494 e. The first kappa shape index (κ1) is 23.6. The summed E-state index contributed by atoms with van der Waals surface area (Å²) in [5.41, 5.74) is 1.96.